The molecule has 0 radical (unpaired) electrons. The highest BCUT2D eigenvalue weighted by atomic mass is 16.5. The molecule has 0 aromatic carbocycles. The van der Waals surface area contributed by atoms with Crippen molar-refractivity contribution in [2.45, 2.75) is 37.8 Å². The van der Waals surface area contributed by atoms with Crippen molar-refractivity contribution in [1.29, 1.82) is 0 Å². The summed E-state index contributed by atoms with van der Waals surface area (Å²) in [5, 5.41) is 0. The topological polar surface area (TPSA) is 64.5 Å². The molecule has 3 rings (SSSR count). The third-order valence-corrected chi connectivity index (χ3v) is 4.06. The van der Waals surface area contributed by atoms with E-state index in [-0.39, 0.29) is 5.69 Å². The van der Waals surface area contributed by atoms with E-state index in [9.17, 15) is 4.79 Å². The molecule has 0 amide bonds. The van der Waals surface area contributed by atoms with E-state index >= 15 is 0 Å². The van der Waals surface area contributed by atoms with E-state index in [4.69, 9.17) is 4.74 Å². The van der Waals surface area contributed by atoms with Crippen molar-refractivity contribution in [2.24, 2.45) is 0 Å². The molecule has 6 heteroatoms. The maximum atomic E-state index is 11.4. The molecule has 0 N–H and O–H groups in total. The van der Waals surface area contributed by atoms with Crippen LogP contribution in [0.1, 0.15) is 36.2 Å². The van der Waals surface area contributed by atoms with Crippen LogP contribution >= 0.6 is 0 Å². The molecule has 20 heavy (non-hydrogen) atoms. The molecular formula is C14H19N3O3. The van der Waals surface area contributed by atoms with Crippen molar-refractivity contribution in [2.75, 3.05) is 25.2 Å². The van der Waals surface area contributed by atoms with Crippen molar-refractivity contribution < 1.29 is 14.3 Å². The van der Waals surface area contributed by atoms with E-state index in [1.165, 1.54) is 26.1 Å². The third kappa shape index (κ3) is 2.47. The van der Waals surface area contributed by atoms with Gasteiger partial charge in [0.05, 0.1) is 38.3 Å². The lowest BCUT2D eigenvalue weighted by Crippen LogP contribution is -2.53. The summed E-state index contributed by atoms with van der Waals surface area (Å²) >= 11 is 0. The van der Waals surface area contributed by atoms with Crippen LogP contribution in [0.3, 0.4) is 0 Å². The number of esters is 1. The van der Waals surface area contributed by atoms with E-state index in [1.807, 2.05) is 0 Å². The summed E-state index contributed by atoms with van der Waals surface area (Å²) in [6.07, 6.45) is 8.16. The van der Waals surface area contributed by atoms with Crippen molar-refractivity contribution in [3.05, 3.63) is 18.1 Å². The van der Waals surface area contributed by atoms with Gasteiger partial charge in [-0.25, -0.2) is 14.8 Å². The average molecular weight is 277 g/mol. The fourth-order valence-corrected chi connectivity index (χ4v) is 3.06. The lowest BCUT2D eigenvalue weighted by molar-refractivity contribution is -0.00902. The molecular weight excluding hydrogens is 258 g/mol. The van der Waals surface area contributed by atoms with Gasteiger partial charge in [-0.2, -0.15) is 0 Å². The molecule has 6 nitrogen and oxygen atoms in total. The quantitative estimate of drug-likeness (QED) is 0.762. The van der Waals surface area contributed by atoms with E-state index in [0.717, 1.165) is 31.8 Å². The van der Waals surface area contributed by atoms with Crippen LogP contribution in [0.15, 0.2) is 12.4 Å². The Balaban J connectivity index is 1.78. The third-order valence-electron chi connectivity index (χ3n) is 4.06. The Morgan fingerprint density at radius 2 is 2.20 bits per heavy atom. The van der Waals surface area contributed by atoms with Crippen LogP contribution in [0.5, 0.6) is 0 Å². The van der Waals surface area contributed by atoms with Crippen LogP contribution in [0.2, 0.25) is 0 Å². The molecule has 0 spiro atoms. The van der Waals surface area contributed by atoms with Gasteiger partial charge in [0.1, 0.15) is 5.82 Å². The number of hydrogen-bond donors (Lipinski definition) is 0. The monoisotopic (exact) mass is 277 g/mol. The zero-order valence-corrected chi connectivity index (χ0v) is 11.6. The predicted octanol–water partition coefficient (Wildman–Crippen LogP) is 1.41. The van der Waals surface area contributed by atoms with Gasteiger partial charge in [0.25, 0.3) is 0 Å². The number of rotatable bonds is 2. The van der Waals surface area contributed by atoms with Crippen molar-refractivity contribution >= 4 is 11.8 Å². The van der Waals surface area contributed by atoms with E-state index in [2.05, 4.69) is 19.6 Å². The van der Waals surface area contributed by atoms with Crippen molar-refractivity contribution in [1.82, 2.24) is 9.97 Å². The highest BCUT2D eigenvalue weighted by molar-refractivity contribution is 5.86. The zero-order valence-electron chi connectivity index (χ0n) is 11.6. The summed E-state index contributed by atoms with van der Waals surface area (Å²) in [5.41, 5.74) is 0.240. The molecule has 1 saturated carbocycles. The number of anilines is 1. The van der Waals surface area contributed by atoms with Gasteiger partial charge in [0, 0.05) is 6.54 Å². The van der Waals surface area contributed by atoms with Crippen LogP contribution in [0.4, 0.5) is 5.82 Å². The molecule has 2 fully saturated rings. The number of hydrogen-bond acceptors (Lipinski definition) is 6. The van der Waals surface area contributed by atoms with Gasteiger partial charge >= 0.3 is 5.97 Å². The van der Waals surface area contributed by atoms with Gasteiger partial charge in [0.15, 0.2) is 5.69 Å². The minimum atomic E-state index is -0.457. The summed E-state index contributed by atoms with van der Waals surface area (Å²) in [6.45, 7) is 1.55. The summed E-state index contributed by atoms with van der Waals surface area (Å²) < 4.78 is 10.5. The van der Waals surface area contributed by atoms with E-state index < -0.39 is 5.97 Å². The summed E-state index contributed by atoms with van der Waals surface area (Å²) in [6, 6.07) is 0.385. The molecule has 1 aliphatic carbocycles. The Morgan fingerprint density at radius 3 is 2.95 bits per heavy atom. The average Bonchev–Trinajstić information content (AvgIpc) is 2.54. The Kier molecular flexibility index (Phi) is 3.82. The van der Waals surface area contributed by atoms with Crippen LogP contribution in [0, 0.1) is 0 Å². The SMILES string of the molecule is COC(=O)c1cnc(N2CCOC3CCCCC32)cn1. The van der Waals surface area contributed by atoms with Gasteiger partial charge in [0.2, 0.25) is 0 Å². The summed E-state index contributed by atoms with van der Waals surface area (Å²) in [7, 11) is 1.34. The first kappa shape index (κ1) is 13.3. The van der Waals surface area contributed by atoms with Crippen molar-refractivity contribution in [3.8, 4) is 0 Å². The molecule has 1 aromatic rings. The van der Waals surface area contributed by atoms with Gasteiger partial charge in [-0.05, 0) is 12.8 Å². The number of carbonyl (C=O) groups excluding carboxylic acids is 1. The molecule has 2 atom stereocenters. The van der Waals surface area contributed by atoms with Crippen molar-refractivity contribution in [3.63, 3.8) is 0 Å². The number of aromatic nitrogens is 2. The fourth-order valence-electron chi connectivity index (χ4n) is 3.06. The predicted molar refractivity (Wildman–Crippen MR) is 72.7 cm³/mol. The Bertz CT molecular complexity index is 475. The Hall–Kier alpha value is -1.69. The van der Waals surface area contributed by atoms with E-state index in [1.54, 1.807) is 6.20 Å². The molecule has 2 aliphatic rings. The van der Waals surface area contributed by atoms with Crippen LogP contribution in [-0.2, 0) is 9.47 Å². The molecule has 1 saturated heterocycles. The number of carbonyl (C=O) groups is 1. The molecule has 0 bridgehead atoms. The van der Waals surface area contributed by atoms with Crippen LogP contribution in [-0.4, -0.2) is 48.3 Å². The van der Waals surface area contributed by atoms with Gasteiger partial charge < -0.3 is 14.4 Å². The van der Waals surface area contributed by atoms with Gasteiger partial charge in [-0.3, -0.25) is 0 Å². The standard InChI is InChI=1S/C14H19N3O3/c1-19-14(18)10-8-16-13(9-15-10)17-6-7-20-12-5-3-2-4-11(12)17/h8-9,11-12H,2-7H2,1H3. The second-order valence-corrected chi connectivity index (χ2v) is 5.21. The summed E-state index contributed by atoms with van der Waals surface area (Å²) in [5.74, 6) is 0.361. The lowest BCUT2D eigenvalue weighted by Gasteiger charge is -2.44. The second-order valence-electron chi connectivity index (χ2n) is 5.21. The first-order valence-corrected chi connectivity index (χ1v) is 7.08. The minimum absolute atomic E-state index is 0.240. The summed E-state index contributed by atoms with van der Waals surface area (Å²) in [4.78, 5) is 22.1. The van der Waals surface area contributed by atoms with Crippen LogP contribution in [0.25, 0.3) is 0 Å². The minimum Gasteiger partial charge on any atom is -0.464 e. The lowest BCUT2D eigenvalue weighted by atomic mass is 9.90. The number of morpholine rings is 1. The zero-order chi connectivity index (χ0) is 13.9. The van der Waals surface area contributed by atoms with Gasteiger partial charge in [-0.15, -0.1) is 0 Å². The second kappa shape index (κ2) is 5.75. The maximum Gasteiger partial charge on any atom is 0.358 e. The smallest absolute Gasteiger partial charge is 0.358 e. The molecule has 1 aromatic heterocycles. The first-order chi connectivity index (χ1) is 9.79. The highest BCUT2D eigenvalue weighted by Crippen LogP contribution is 2.30. The van der Waals surface area contributed by atoms with Gasteiger partial charge in [-0.1, -0.05) is 12.8 Å². The first-order valence-electron chi connectivity index (χ1n) is 7.08. The molecule has 2 unspecified atom stereocenters. The molecule has 108 valence electrons. The largest absolute Gasteiger partial charge is 0.464 e. The normalized spacial score (nSPS) is 25.9. The van der Waals surface area contributed by atoms with Crippen LogP contribution < -0.4 is 4.90 Å². The fraction of sp³-hybridized carbons (Fsp3) is 0.643. The Labute approximate surface area is 118 Å². The molecule has 1 aliphatic heterocycles. The maximum absolute atomic E-state index is 11.4. The molecule has 2 heterocycles. The number of nitrogens with zero attached hydrogens (tertiary/aromatic N) is 3. The number of ether oxygens (including phenoxy) is 2. The highest BCUT2D eigenvalue weighted by Gasteiger charge is 2.34. The Morgan fingerprint density at radius 1 is 1.35 bits per heavy atom. The number of fused-ring (bicyclic) bond motifs is 1. The number of methoxy groups -OCH3 is 1. The van der Waals surface area contributed by atoms with E-state index in [0.29, 0.717) is 12.1 Å².